The van der Waals surface area contributed by atoms with Gasteiger partial charge in [0.2, 0.25) is 0 Å². The zero-order valence-corrected chi connectivity index (χ0v) is 12.2. The normalized spacial score (nSPS) is 17.5. The molecule has 0 aliphatic heterocycles. The minimum atomic E-state index is 0.680. The van der Waals surface area contributed by atoms with Crippen molar-refractivity contribution in [2.45, 2.75) is 39.5 Å². The Morgan fingerprint density at radius 2 is 1.89 bits per heavy atom. The Balaban J connectivity index is 2.05. The minimum absolute atomic E-state index is 0.680. The minimum Gasteiger partial charge on any atom is -0.103 e. The molecule has 0 saturated heterocycles. The molecule has 0 saturated carbocycles. The van der Waals surface area contributed by atoms with Crippen molar-refractivity contribution < 1.29 is 0 Å². The highest BCUT2D eigenvalue weighted by atomic mass is 14.3. The predicted octanol–water partition coefficient (Wildman–Crippen LogP) is 5.18. The molecular formula is C19H24. The molecule has 0 radical (unpaired) electrons. The van der Waals surface area contributed by atoms with E-state index in [1.807, 2.05) is 12.2 Å². The molecule has 1 aliphatic rings. The highest BCUT2D eigenvalue weighted by Gasteiger charge is 2.28. The van der Waals surface area contributed by atoms with Gasteiger partial charge in [-0.3, -0.25) is 0 Å². The van der Waals surface area contributed by atoms with Crippen LogP contribution >= 0.6 is 0 Å². The largest absolute Gasteiger partial charge is 0.103 e. The van der Waals surface area contributed by atoms with E-state index in [4.69, 9.17) is 0 Å². The third-order valence-corrected chi connectivity index (χ3v) is 4.14. The molecule has 0 bridgehead atoms. The zero-order valence-electron chi connectivity index (χ0n) is 12.2. The van der Waals surface area contributed by atoms with Gasteiger partial charge in [-0.1, -0.05) is 55.0 Å². The van der Waals surface area contributed by atoms with Gasteiger partial charge < -0.3 is 0 Å². The average molecular weight is 252 g/mol. The third-order valence-electron chi connectivity index (χ3n) is 4.14. The summed E-state index contributed by atoms with van der Waals surface area (Å²) in [4.78, 5) is 0. The van der Waals surface area contributed by atoms with Crippen LogP contribution in [0, 0.1) is 12.8 Å². The molecule has 0 aromatic heterocycles. The van der Waals surface area contributed by atoms with Gasteiger partial charge in [0.25, 0.3) is 0 Å². The van der Waals surface area contributed by atoms with Gasteiger partial charge in [-0.2, -0.15) is 0 Å². The highest BCUT2D eigenvalue weighted by Crippen LogP contribution is 2.42. The maximum absolute atomic E-state index is 3.88. The van der Waals surface area contributed by atoms with Crippen molar-refractivity contribution in [1.29, 1.82) is 0 Å². The van der Waals surface area contributed by atoms with Crippen LogP contribution in [-0.4, -0.2) is 0 Å². The third kappa shape index (κ3) is 3.26. The number of rotatable bonds is 7. The van der Waals surface area contributed by atoms with E-state index in [-0.39, 0.29) is 0 Å². The topological polar surface area (TPSA) is 0 Å². The molecule has 0 nitrogen and oxygen atoms in total. The Bertz CT molecular complexity index is 517. The molecule has 0 amide bonds. The summed E-state index contributed by atoms with van der Waals surface area (Å²) in [5.41, 5.74) is 7.43. The van der Waals surface area contributed by atoms with E-state index in [1.165, 1.54) is 28.7 Å². The lowest BCUT2D eigenvalue weighted by Gasteiger charge is -2.09. The summed E-state index contributed by atoms with van der Waals surface area (Å²) in [6, 6.07) is 6.86. The molecule has 100 valence electrons. The van der Waals surface area contributed by atoms with Gasteiger partial charge >= 0.3 is 0 Å². The lowest BCUT2D eigenvalue weighted by atomic mass is 9.96. The van der Waals surface area contributed by atoms with Gasteiger partial charge in [0.1, 0.15) is 0 Å². The van der Waals surface area contributed by atoms with Gasteiger partial charge in [0, 0.05) is 5.92 Å². The van der Waals surface area contributed by atoms with Crippen molar-refractivity contribution in [2.75, 3.05) is 0 Å². The molecule has 0 fully saturated rings. The average Bonchev–Trinajstić information content (AvgIpc) is 3.04. The quantitative estimate of drug-likeness (QED) is 0.587. The molecule has 1 unspecified atom stereocenters. The van der Waals surface area contributed by atoms with E-state index in [0.29, 0.717) is 5.92 Å². The van der Waals surface area contributed by atoms with Crippen LogP contribution in [0.4, 0.5) is 0 Å². The monoisotopic (exact) mass is 252 g/mol. The van der Waals surface area contributed by atoms with E-state index in [2.05, 4.69) is 45.2 Å². The van der Waals surface area contributed by atoms with Crippen molar-refractivity contribution in [3.8, 4) is 0 Å². The molecule has 1 aromatic carbocycles. The van der Waals surface area contributed by atoms with Crippen LogP contribution in [0.25, 0.3) is 0 Å². The first kappa shape index (κ1) is 13.9. The first-order chi connectivity index (χ1) is 9.17. The number of hydrogen-bond acceptors (Lipinski definition) is 0. The van der Waals surface area contributed by atoms with Gasteiger partial charge in [-0.15, -0.1) is 6.58 Å². The van der Waals surface area contributed by atoms with E-state index >= 15 is 0 Å². The van der Waals surface area contributed by atoms with Crippen LogP contribution in [0.1, 0.15) is 36.5 Å². The van der Waals surface area contributed by atoms with Crippen molar-refractivity contribution in [3.05, 3.63) is 71.3 Å². The molecule has 0 heterocycles. The second kappa shape index (κ2) is 6.06. The second-order valence-electron chi connectivity index (χ2n) is 5.51. The molecule has 0 heteroatoms. The van der Waals surface area contributed by atoms with E-state index < -0.39 is 0 Å². The molecule has 1 atom stereocenters. The number of allylic oxidation sites excluding steroid dienone is 4. The predicted molar refractivity (Wildman–Crippen MR) is 84.4 cm³/mol. The number of benzene rings is 1. The van der Waals surface area contributed by atoms with E-state index in [0.717, 1.165) is 19.3 Å². The van der Waals surface area contributed by atoms with Crippen LogP contribution in [-0.2, 0) is 12.8 Å². The Hall–Kier alpha value is -1.56. The zero-order chi connectivity index (χ0) is 13.8. The van der Waals surface area contributed by atoms with E-state index in [1.54, 1.807) is 5.57 Å². The van der Waals surface area contributed by atoms with E-state index in [9.17, 15) is 0 Å². The lowest BCUT2D eigenvalue weighted by Crippen LogP contribution is -1.95. The second-order valence-corrected chi connectivity index (χ2v) is 5.51. The fourth-order valence-corrected chi connectivity index (χ4v) is 2.85. The summed E-state index contributed by atoms with van der Waals surface area (Å²) >= 11 is 0. The maximum atomic E-state index is 3.88. The van der Waals surface area contributed by atoms with Gasteiger partial charge in [0.05, 0.1) is 0 Å². The first-order valence-corrected chi connectivity index (χ1v) is 7.22. The fraction of sp³-hybridized carbons (Fsp3) is 0.368. The van der Waals surface area contributed by atoms with Crippen molar-refractivity contribution in [1.82, 2.24) is 0 Å². The van der Waals surface area contributed by atoms with Crippen molar-refractivity contribution in [3.63, 3.8) is 0 Å². The van der Waals surface area contributed by atoms with Gasteiger partial charge in [-0.05, 0) is 49.3 Å². The van der Waals surface area contributed by atoms with Crippen molar-refractivity contribution in [2.24, 2.45) is 5.92 Å². The molecular weight excluding hydrogens is 228 g/mol. The van der Waals surface area contributed by atoms with Crippen LogP contribution in [0.2, 0.25) is 0 Å². The molecule has 1 aromatic rings. The fourth-order valence-electron chi connectivity index (χ4n) is 2.85. The summed E-state index contributed by atoms with van der Waals surface area (Å²) in [6.45, 7) is 12.2. The van der Waals surface area contributed by atoms with Gasteiger partial charge in [0.15, 0.2) is 0 Å². The summed E-state index contributed by atoms with van der Waals surface area (Å²) in [6.07, 6.45) is 8.55. The van der Waals surface area contributed by atoms with Crippen molar-refractivity contribution >= 4 is 0 Å². The molecule has 2 rings (SSSR count). The Morgan fingerprint density at radius 3 is 2.53 bits per heavy atom. The van der Waals surface area contributed by atoms with Crippen LogP contribution < -0.4 is 0 Å². The van der Waals surface area contributed by atoms with Crippen LogP contribution in [0.5, 0.6) is 0 Å². The summed E-state index contributed by atoms with van der Waals surface area (Å²) in [5.74, 6) is 0.680. The number of aryl methyl sites for hydroxylation is 3. The summed E-state index contributed by atoms with van der Waals surface area (Å²) < 4.78 is 0. The molecule has 1 aliphatic carbocycles. The van der Waals surface area contributed by atoms with Crippen LogP contribution in [0.3, 0.4) is 0 Å². The molecule has 19 heavy (non-hydrogen) atoms. The summed E-state index contributed by atoms with van der Waals surface area (Å²) in [5, 5.41) is 0. The first-order valence-electron chi connectivity index (χ1n) is 7.22. The highest BCUT2D eigenvalue weighted by molar-refractivity contribution is 5.47. The summed E-state index contributed by atoms with van der Waals surface area (Å²) in [7, 11) is 0. The lowest BCUT2D eigenvalue weighted by molar-refractivity contribution is 0.868. The molecule has 0 N–H and O–H groups in total. The Kier molecular flexibility index (Phi) is 4.42. The number of hydrogen-bond donors (Lipinski definition) is 0. The van der Waals surface area contributed by atoms with Gasteiger partial charge in [-0.25, -0.2) is 0 Å². The maximum Gasteiger partial charge on any atom is 0.00255 e. The SMILES string of the molecule is C=CCCc1cc(C)ccc1CCC1=C(C=C)C1C. The van der Waals surface area contributed by atoms with Crippen LogP contribution in [0.15, 0.2) is 54.7 Å². The Labute approximate surface area is 117 Å². The standard InChI is InChI=1S/C19H24/c1-5-7-8-17-13-14(3)9-10-16(17)11-12-19-15(4)18(19)6-2/h5-6,9-10,13,15H,1-2,7-8,11-12H2,3-4H3. The smallest absolute Gasteiger partial charge is 0.00255 e. The Morgan fingerprint density at radius 1 is 1.11 bits per heavy atom. The molecule has 0 spiro atoms.